The van der Waals surface area contributed by atoms with Crippen LogP contribution in [0.4, 0.5) is 17.6 Å². The van der Waals surface area contributed by atoms with Crippen LogP contribution in [0.15, 0.2) is 16.9 Å². The van der Waals surface area contributed by atoms with Crippen LogP contribution < -0.4 is 0 Å². The van der Waals surface area contributed by atoms with E-state index in [-0.39, 0.29) is 0 Å². The van der Waals surface area contributed by atoms with Crippen molar-refractivity contribution < 1.29 is 17.6 Å². The van der Waals surface area contributed by atoms with E-state index in [2.05, 4.69) is 21.0 Å². The van der Waals surface area contributed by atoms with Gasteiger partial charge in [0.2, 0.25) is 0 Å². The zero-order valence-corrected chi connectivity index (χ0v) is 7.81. The first-order valence-corrected chi connectivity index (χ1v) is 4.06. The SMILES string of the molecule is FC(F)C(F)(F)Cn1ccc(Br)n1. The summed E-state index contributed by atoms with van der Waals surface area (Å²) in [5.74, 6) is -4.04. The van der Waals surface area contributed by atoms with Gasteiger partial charge >= 0.3 is 12.3 Å². The monoisotopic (exact) mass is 260 g/mol. The number of rotatable bonds is 3. The molecule has 0 aliphatic heterocycles. The van der Waals surface area contributed by atoms with Crippen LogP contribution in [-0.2, 0) is 6.54 Å². The summed E-state index contributed by atoms with van der Waals surface area (Å²) in [6.07, 6.45) is -2.48. The fraction of sp³-hybridized carbons (Fsp3) is 0.500. The Balaban J connectivity index is 2.68. The third kappa shape index (κ3) is 2.68. The minimum absolute atomic E-state index is 0.331. The highest BCUT2D eigenvalue weighted by atomic mass is 79.9. The van der Waals surface area contributed by atoms with E-state index in [1.165, 1.54) is 12.3 Å². The summed E-state index contributed by atoms with van der Waals surface area (Å²) < 4.78 is 49.3. The van der Waals surface area contributed by atoms with Crippen molar-refractivity contribution in [2.45, 2.75) is 18.9 Å². The number of halogens is 5. The number of alkyl halides is 4. The normalized spacial score (nSPS) is 12.5. The number of hydrogen-bond donors (Lipinski definition) is 0. The van der Waals surface area contributed by atoms with Gasteiger partial charge in [0.15, 0.2) is 0 Å². The van der Waals surface area contributed by atoms with Gasteiger partial charge < -0.3 is 0 Å². The molecule has 0 N–H and O–H groups in total. The van der Waals surface area contributed by atoms with Gasteiger partial charge in [0.1, 0.15) is 11.1 Å². The van der Waals surface area contributed by atoms with E-state index in [4.69, 9.17) is 0 Å². The maximum absolute atomic E-state index is 12.4. The molecule has 0 radical (unpaired) electrons. The lowest BCUT2D eigenvalue weighted by atomic mass is 10.3. The van der Waals surface area contributed by atoms with E-state index in [1.54, 1.807) is 0 Å². The molecule has 1 aromatic rings. The molecule has 0 saturated heterocycles. The molecule has 0 saturated carbocycles. The molecule has 0 amide bonds. The fourth-order valence-electron chi connectivity index (χ4n) is 0.710. The highest BCUT2D eigenvalue weighted by molar-refractivity contribution is 9.10. The molecule has 1 heterocycles. The summed E-state index contributed by atoms with van der Waals surface area (Å²) in [5.41, 5.74) is 0. The average Bonchev–Trinajstić information content (AvgIpc) is 2.34. The Morgan fingerprint density at radius 2 is 2.15 bits per heavy atom. The van der Waals surface area contributed by atoms with Crippen molar-refractivity contribution in [1.29, 1.82) is 0 Å². The third-order valence-electron chi connectivity index (χ3n) is 1.30. The van der Waals surface area contributed by atoms with Crippen LogP contribution in [0, 0.1) is 0 Å². The number of nitrogens with zero attached hydrogens (tertiary/aromatic N) is 2. The van der Waals surface area contributed by atoms with Crippen LogP contribution >= 0.6 is 15.9 Å². The second kappa shape index (κ2) is 3.65. The lowest BCUT2D eigenvalue weighted by molar-refractivity contribution is -0.139. The summed E-state index contributed by atoms with van der Waals surface area (Å²) in [5, 5.41) is 3.50. The van der Waals surface area contributed by atoms with Gasteiger partial charge in [-0.05, 0) is 22.0 Å². The Morgan fingerprint density at radius 1 is 1.54 bits per heavy atom. The van der Waals surface area contributed by atoms with E-state index < -0.39 is 18.9 Å². The number of hydrogen-bond acceptors (Lipinski definition) is 1. The molecule has 1 aromatic heterocycles. The molecule has 13 heavy (non-hydrogen) atoms. The van der Waals surface area contributed by atoms with Crippen molar-refractivity contribution in [3.63, 3.8) is 0 Å². The summed E-state index contributed by atoms with van der Waals surface area (Å²) >= 11 is 2.91. The van der Waals surface area contributed by atoms with Crippen LogP contribution in [0.2, 0.25) is 0 Å². The standard InChI is InChI=1S/C6H5BrF4N2/c7-4-1-2-13(12-4)3-6(10,11)5(8)9/h1-2,5H,3H2. The summed E-state index contributed by atoms with van der Waals surface area (Å²) in [6, 6.07) is 1.39. The van der Waals surface area contributed by atoms with Crippen molar-refractivity contribution in [1.82, 2.24) is 9.78 Å². The van der Waals surface area contributed by atoms with Gasteiger partial charge in [-0.1, -0.05) is 0 Å². The second-order valence-electron chi connectivity index (χ2n) is 2.40. The molecule has 0 bridgehead atoms. The molecule has 1 rings (SSSR count). The maximum atomic E-state index is 12.4. The lowest BCUT2D eigenvalue weighted by Gasteiger charge is -2.14. The van der Waals surface area contributed by atoms with Crippen molar-refractivity contribution in [3.05, 3.63) is 16.9 Å². The Labute approximate surface area is 79.7 Å². The van der Waals surface area contributed by atoms with Gasteiger partial charge in [-0.2, -0.15) is 13.9 Å². The van der Waals surface area contributed by atoms with Crippen molar-refractivity contribution in [2.75, 3.05) is 0 Å². The lowest BCUT2D eigenvalue weighted by Crippen LogP contribution is -2.32. The van der Waals surface area contributed by atoms with Crippen LogP contribution in [-0.4, -0.2) is 22.1 Å². The van der Waals surface area contributed by atoms with Gasteiger partial charge in [-0.3, -0.25) is 4.68 Å². The van der Waals surface area contributed by atoms with Gasteiger partial charge in [0.05, 0.1) is 0 Å². The first-order valence-electron chi connectivity index (χ1n) is 3.27. The number of aromatic nitrogens is 2. The predicted octanol–water partition coefficient (Wildman–Crippen LogP) is 2.55. The second-order valence-corrected chi connectivity index (χ2v) is 3.21. The van der Waals surface area contributed by atoms with Gasteiger partial charge in [0, 0.05) is 6.20 Å². The zero-order chi connectivity index (χ0) is 10.1. The molecule has 74 valence electrons. The Morgan fingerprint density at radius 3 is 2.54 bits per heavy atom. The molecule has 0 aliphatic carbocycles. The molecular weight excluding hydrogens is 256 g/mol. The van der Waals surface area contributed by atoms with Crippen molar-refractivity contribution in [2.24, 2.45) is 0 Å². The summed E-state index contributed by atoms with van der Waals surface area (Å²) in [7, 11) is 0. The van der Waals surface area contributed by atoms with Crippen LogP contribution in [0.5, 0.6) is 0 Å². The molecule has 0 fully saturated rings. The predicted molar refractivity (Wildman–Crippen MR) is 40.9 cm³/mol. The van der Waals surface area contributed by atoms with Crippen LogP contribution in [0.25, 0.3) is 0 Å². The summed E-state index contributed by atoms with van der Waals surface area (Å²) in [6.45, 7) is -1.11. The van der Waals surface area contributed by atoms with E-state index >= 15 is 0 Å². The molecular formula is C6H5BrF4N2. The Hall–Kier alpha value is -0.590. The average molecular weight is 261 g/mol. The van der Waals surface area contributed by atoms with Crippen LogP contribution in [0.3, 0.4) is 0 Å². The smallest absolute Gasteiger partial charge is 0.265 e. The zero-order valence-electron chi connectivity index (χ0n) is 6.22. The topological polar surface area (TPSA) is 17.8 Å². The first-order chi connectivity index (χ1) is 5.92. The molecule has 7 heteroatoms. The minimum atomic E-state index is -4.04. The van der Waals surface area contributed by atoms with E-state index in [1.807, 2.05) is 0 Å². The first kappa shape index (κ1) is 10.5. The fourth-order valence-corrected chi connectivity index (χ4v) is 1.03. The van der Waals surface area contributed by atoms with E-state index in [0.29, 0.717) is 4.60 Å². The maximum Gasteiger partial charge on any atom is 0.326 e. The molecule has 0 aromatic carbocycles. The highest BCUT2D eigenvalue weighted by Crippen LogP contribution is 2.24. The Bertz CT molecular complexity index is 286. The highest BCUT2D eigenvalue weighted by Gasteiger charge is 2.41. The Kier molecular flexibility index (Phi) is 2.94. The molecule has 2 nitrogen and oxygen atoms in total. The summed E-state index contributed by atoms with van der Waals surface area (Å²) in [4.78, 5) is 0. The molecule has 0 aliphatic rings. The molecule has 0 unspecified atom stereocenters. The largest absolute Gasteiger partial charge is 0.326 e. The van der Waals surface area contributed by atoms with Gasteiger partial charge in [0.25, 0.3) is 0 Å². The van der Waals surface area contributed by atoms with Gasteiger partial charge in [-0.15, -0.1) is 0 Å². The third-order valence-corrected chi connectivity index (χ3v) is 1.72. The van der Waals surface area contributed by atoms with Gasteiger partial charge in [-0.25, -0.2) is 8.78 Å². The quantitative estimate of drug-likeness (QED) is 0.764. The van der Waals surface area contributed by atoms with Crippen LogP contribution in [0.1, 0.15) is 0 Å². The molecule has 0 atom stereocenters. The van der Waals surface area contributed by atoms with E-state index in [9.17, 15) is 17.6 Å². The minimum Gasteiger partial charge on any atom is -0.265 e. The van der Waals surface area contributed by atoms with E-state index in [0.717, 1.165) is 4.68 Å². The molecule has 0 spiro atoms. The van der Waals surface area contributed by atoms with Crippen molar-refractivity contribution >= 4 is 15.9 Å². The van der Waals surface area contributed by atoms with Crippen molar-refractivity contribution in [3.8, 4) is 0 Å².